The number of hydrogen-bond donors (Lipinski definition) is 0. The van der Waals surface area contributed by atoms with Gasteiger partial charge in [0, 0.05) is 12.1 Å². The highest BCUT2D eigenvalue weighted by atomic mass is 16.5. The Morgan fingerprint density at radius 2 is 1.00 bits per heavy atom. The Kier molecular flexibility index (Phi) is 8.39. The molecule has 0 aliphatic rings. The van der Waals surface area contributed by atoms with Gasteiger partial charge < -0.3 is 9.47 Å². The summed E-state index contributed by atoms with van der Waals surface area (Å²) in [6.07, 6.45) is 10.3. The molecule has 0 aliphatic heterocycles. The van der Waals surface area contributed by atoms with Gasteiger partial charge in [-0.15, -0.1) is 12.3 Å². The van der Waals surface area contributed by atoms with Gasteiger partial charge in [0.05, 0.1) is 20.6 Å². The zero-order valence-electron chi connectivity index (χ0n) is 22.9. The normalized spacial score (nSPS) is 10.4. The molecule has 196 valence electrons. The molecule has 1 aromatic heterocycles. The fourth-order valence-electron chi connectivity index (χ4n) is 4.85. The van der Waals surface area contributed by atoms with Crippen LogP contribution in [0.25, 0.3) is 22.3 Å². The largest absolute Gasteiger partial charge is 0.497 e. The van der Waals surface area contributed by atoms with Crippen molar-refractivity contribution in [3.63, 3.8) is 0 Å². The van der Waals surface area contributed by atoms with E-state index in [1.807, 2.05) is 24.3 Å². The monoisotopic (exact) mass is 522 g/mol. The van der Waals surface area contributed by atoms with Crippen LogP contribution in [-0.2, 0) is 6.54 Å². The smallest absolute Gasteiger partial charge is 0.169 e. The summed E-state index contributed by atoms with van der Waals surface area (Å²) in [7, 11) is 3.38. The summed E-state index contributed by atoms with van der Waals surface area (Å²) in [4.78, 5) is 0. The fourth-order valence-corrected chi connectivity index (χ4v) is 4.85. The molecular formula is C37H32NO2+. The first-order valence-electron chi connectivity index (χ1n) is 13.3. The number of methoxy groups -OCH3 is 2. The molecule has 0 atom stereocenters. The van der Waals surface area contributed by atoms with Gasteiger partial charge in [0.1, 0.15) is 11.5 Å². The third kappa shape index (κ3) is 5.98. The second-order valence-corrected chi connectivity index (χ2v) is 9.43. The number of benzene rings is 4. The van der Waals surface area contributed by atoms with E-state index < -0.39 is 0 Å². The first-order valence-corrected chi connectivity index (χ1v) is 13.3. The molecule has 5 rings (SSSR count). The van der Waals surface area contributed by atoms with Crippen LogP contribution < -0.4 is 14.0 Å². The van der Waals surface area contributed by atoms with Crippen LogP contribution in [0.15, 0.2) is 128 Å². The fraction of sp³-hybridized carbons (Fsp3) is 0.108. The van der Waals surface area contributed by atoms with E-state index in [-0.39, 0.29) is 0 Å². The maximum atomic E-state index is 5.45. The van der Waals surface area contributed by atoms with E-state index >= 15 is 0 Å². The Labute approximate surface area is 237 Å². The number of ether oxygens (including phenoxy) is 2. The van der Waals surface area contributed by atoms with Crippen molar-refractivity contribution in [1.29, 1.82) is 0 Å². The van der Waals surface area contributed by atoms with Crippen LogP contribution in [-0.4, -0.2) is 14.2 Å². The molecule has 0 fully saturated rings. The van der Waals surface area contributed by atoms with Crippen molar-refractivity contribution in [3.05, 3.63) is 150 Å². The predicted molar refractivity (Wildman–Crippen MR) is 163 cm³/mol. The number of aryl methyl sites for hydroxylation is 1. The summed E-state index contributed by atoms with van der Waals surface area (Å²) in [5.74, 6) is 4.35. The highest BCUT2D eigenvalue weighted by Crippen LogP contribution is 2.38. The zero-order chi connectivity index (χ0) is 27.7. The molecule has 1 heterocycles. The molecule has 0 saturated carbocycles. The Hall–Kier alpha value is -5.07. The zero-order valence-corrected chi connectivity index (χ0v) is 22.9. The van der Waals surface area contributed by atoms with Gasteiger partial charge in [0.25, 0.3) is 0 Å². The molecular weight excluding hydrogens is 490 g/mol. The molecule has 0 unspecified atom stereocenters. The van der Waals surface area contributed by atoms with Gasteiger partial charge in [-0.2, -0.15) is 0 Å². The lowest BCUT2D eigenvalue weighted by atomic mass is 9.85. The standard InChI is InChI=1S/C37H32NO2/c1-4-5-25-38-26-23-29(24-27-38)28-11-13-31(14-12-28)36(30-9-7-6-8-10-30)37(32-15-19-34(39-2)20-16-32)33-17-21-35(40-3)22-18-33/h1,6-24,26-27H,5,25H2,2-3H3/q+1. The Morgan fingerprint density at radius 3 is 1.45 bits per heavy atom. The molecule has 0 saturated heterocycles. The van der Waals surface area contributed by atoms with Gasteiger partial charge >= 0.3 is 0 Å². The summed E-state index contributed by atoms with van der Waals surface area (Å²) >= 11 is 0. The van der Waals surface area contributed by atoms with E-state index in [0.29, 0.717) is 0 Å². The number of hydrogen-bond acceptors (Lipinski definition) is 2. The summed E-state index contributed by atoms with van der Waals surface area (Å²) in [5.41, 5.74) is 9.11. The summed E-state index contributed by atoms with van der Waals surface area (Å²) < 4.78 is 13.0. The average Bonchev–Trinajstić information content (AvgIpc) is 3.03. The van der Waals surface area contributed by atoms with Crippen LogP contribution >= 0.6 is 0 Å². The summed E-state index contributed by atoms with van der Waals surface area (Å²) in [5, 5.41) is 0. The van der Waals surface area contributed by atoms with Crippen LogP contribution in [0.2, 0.25) is 0 Å². The lowest BCUT2D eigenvalue weighted by Crippen LogP contribution is -2.32. The van der Waals surface area contributed by atoms with Crippen LogP contribution in [0.1, 0.15) is 28.7 Å². The molecule has 3 nitrogen and oxygen atoms in total. The number of terminal acetylenes is 1. The van der Waals surface area contributed by atoms with Crippen molar-refractivity contribution in [2.24, 2.45) is 0 Å². The van der Waals surface area contributed by atoms with Gasteiger partial charge in [-0.3, -0.25) is 0 Å². The maximum absolute atomic E-state index is 5.45. The van der Waals surface area contributed by atoms with Crippen LogP contribution in [0.5, 0.6) is 11.5 Å². The van der Waals surface area contributed by atoms with Gasteiger partial charge in [0.2, 0.25) is 0 Å². The maximum Gasteiger partial charge on any atom is 0.169 e. The molecule has 3 heteroatoms. The molecule has 0 N–H and O–H groups in total. The number of rotatable bonds is 9. The van der Waals surface area contributed by atoms with Gasteiger partial charge in [-0.05, 0) is 68.8 Å². The Balaban J connectivity index is 1.65. The van der Waals surface area contributed by atoms with Crippen LogP contribution in [0.3, 0.4) is 0 Å². The minimum absolute atomic E-state index is 0.720. The first-order chi connectivity index (χ1) is 19.7. The van der Waals surface area contributed by atoms with Crippen molar-refractivity contribution in [2.45, 2.75) is 13.0 Å². The Bertz CT molecular complexity index is 1560. The highest BCUT2D eigenvalue weighted by Gasteiger charge is 2.17. The molecule has 0 spiro atoms. The third-order valence-corrected chi connectivity index (χ3v) is 6.98. The topological polar surface area (TPSA) is 22.3 Å². The SMILES string of the molecule is C#CCC[n+]1ccc(-c2ccc(C(=C(c3ccc(OC)cc3)c3ccc(OC)cc3)c3ccccc3)cc2)cc1. The van der Waals surface area contributed by atoms with E-state index in [9.17, 15) is 0 Å². The van der Waals surface area contributed by atoms with Crippen LogP contribution in [0.4, 0.5) is 0 Å². The molecule has 4 aromatic carbocycles. The molecule has 0 aliphatic carbocycles. The van der Waals surface area contributed by atoms with Crippen LogP contribution in [0, 0.1) is 12.3 Å². The lowest BCUT2D eigenvalue weighted by molar-refractivity contribution is -0.695. The molecule has 0 radical (unpaired) electrons. The lowest BCUT2D eigenvalue weighted by Gasteiger charge is -2.19. The number of aromatic nitrogens is 1. The quantitative estimate of drug-likeness (QED) is 0.112. The second kappa shape index (κ2) is 12.7. The molecule has 0 amide bonds. The van der Waals surface area contributed by atoms with E-state index in [2.05, 4.69) is 114 Å². The highest BCUT2D eigenvalue weighted by molar-refractivity contribution is 6.04. The number of pyridine rings is 1. The molecule has 40 heavy (non-hydrogen) atoms. The predicted octanol–water partition coefficient (Wildman–Crippen LogP) is 7.69. The van der Waals surface area contributed by atoms with Gasteiger partial charge in [0.15, 0.2) is 18.9 Å². The van der Waals surface area contributed by atoms with Gasteiger partial charge in [-0.25, -0.2) is 4.57 Å². The van der Waals surface area contributed by atoms with Crippen molar-refractivity contribution >= 4 is 11.1 Å². The molecule has 5 aromatic rings. The second-order valence-electron chi connectivity index (χ2n) is 9.43. The van der Waals surface area contributed by atoms with Crippen molar-refractivity contribution < 1.29 is 14.0 Å². The summed E-state index contributed by atoms with van der Waals surface area (Å²) in [6, 6.07) is 40.2. The molecule has 0 bridgehead atoms. The van der Waals surface area contributed by atoms with Gasteiger partial charge in [-0.1, -0.05) is 78.9 Å². The van der Waals surface area contributed by atoms with E-state index in [1.54, 1.807) is 14.2 Å². The third-order valence-electron chi connectivity index (χ3n) is 6.98. The van der Waals surface area contributed by atoms with E-state index in [1.165, 1.54) is 5.56 Å². The van der Waals surface area contributed by atoms with Crippen molar-refractivity contribution in [3.8, 4) is 35.0 Å². The van der Waals surface area contributed by atoms with Crippen molar-refractivity contribution in [2.75, 3.05) is 14.2 Å². The van der Waals surface area contributed by atoms with E-state index in [4.69, 9.17) is 15.9 Å². The van der Waals surface area contributed by atoms with E-state index in [0.717, 1.165) is 63.4 Å². The average molecular weight is 523 g/mol. The number of nitrogens with zero attached hydrogens (tertiary/aromatic N) is 1. The summed E-state index contributed by atoms with van der Waals surface area (Å²) in [6.45, 7) is 0.820. The first kappa shape index (κ1) is 26.5. The minimum Gasteiger partial charge on any atom is -0.497 e. The minimum atomic E-state index is 0.720. The van der Waals surface area contributed by atoms with Crippen molar-refractivity contribution in [1.82, 2.24) is 0 Å². The Morgan fingerprint density at radius 1 is 0.575 bits per heavy atom.